The van der Waals surface area contributed by atoms with Gasteiger partial charge in [0.15, 0.2) is 5.78 Å². The molecule has 6 aromatic rings. The minimum atomic E-state index is -0.228. The molecule has 3 aromatic carbocycles. The number of hydrogen-bond acceptors (Lipinski definition) is 5. The third kappa shape index (κ3) is 5.70. The first-order chi connectivity index (χ1) is 17.4. The van der Waals surface area contributed by atoms with Crippen LogP contribution in [-0.4, -0.2) is 15.9 Å². The fourth-order valence-corrected chi connectivity index (χ4v) is 5.08. The van der Waals surface area contributed by atoms with Gasteiger partial charge in [0.05, 0.1) is 11.3 Å². The number of furan rings is 1. The molecule has 7 heteroatoms. The molecule has 0 saturated carbocycles. The van der Waals surface area contributed by atoms with Crippen molar-refractivity contribution in [2.45, 2.75) is 13.8 Å². The number of nitrogens with zero attached hydrogens (tertiary/aromatic N) is 1. The molecule has 4 nitrogen and oxygen atoms in total. The summed E-state index contributed by atoms with van der Waals surface area (Å²) in [6, 6.07) is 26.0. The number of benzene rings is 3. The van der Waals surface area contributed by atoms with Gasteiger partial charge in [-0.05, 0) is 49.4 Å². The van der Waals surface area contributed by atoms with E-state index >= 15 is 0 Å². The third-order valence-corrected chi connectivity index (χ3v) is 6.68. The number of allylic oxidation sites excluding steroid dienone is 2. The van der Waals surface area contributed by atoms with Gasteiger partial charge in [0, 0.05) is 52.7 Å². The number of thiophene rings is 1. The van der Waals surface area contributed by atoms with Crippen molar-refractivity contribution in [1.29, 1.82) is 0 Å². The van der Waals surface area contributed by atoms with Crippen molar-refractivity contribution in [3.63, 3.8) is 0 Å². The van der Waals surface area contributed by atoms with Gasteiger partial charge in [-0.15, -0.1) is 29.5 Å². The van der Waals surface area contributed by atoms with Crippen LogP contribution >= 0.6 is 11.3 Å². The van der Waals surface area contributed by atoms with Crippen molar-refractivity contribution in [2.24, 2.45) is 0 Å². The molecule has 3 aromatic heterocycles. The van der Waals surface area contributed by atoms with Gasteiger partial charge in [-0.25, -0.2) is 4.39 Å². The molecule has 0 atom stereocenters. The number of aliphatic hydroxyl groups excluding tert-OH is 1. The van der Waals surface area contributed by atoms with Crippen molar-refractivity contribution < 1.29 is 38.8 Å². The van der Waals surface area contributed by atoms with Gasteiger partial charge in [0.25, 0.3) is 0 Å². The largest absolute Gasteiger partial charge is 0.512 e. The van der Waals surface area contributed by atoms with Crippen LogP contribution in [0.3, 0.4) is 0 Å². The van der Waals surface area contributed by atoms with Crippen LogP contribution in [0.25, 0.3) is 53.7 Å². The van der Waals surface area contributed by atoms with Crippen LogP contribution in [0.15, 0.2) is 95.2 Å². The Morgan fingerprint density at radius 3 is 2.51 bits per heavy atom. The van der Waals surface area contributed by atoms with E-state index in [0.717, 1.165) is 53.7 Å². The molecule has 37 heavy (non-hydrogen) atoms. The maximum atomic E-state index is 13.2. The predicted octanol–water partition coefficient (Wildman–Crippen LogP) is 8.50. The van der Waals surface area contributed by atoms with E-state index < -0.39 is 0 Å². The van der Waals surface area contributed by atoms with Crippen molar-refractivity contribution >= 4 is 49.1 Å². The summed E-state index contributed by atoms with van der Waals surface area (Å²) in [5.41, 5.74) is 4.35. The number of halogens is 1. The number of para-hydroxylation sites is 1. The maximum absolute atomic E-state index is 13.2. The summed E-state index contributed by atoms with van der Waals surface area (Å²) < 4.78 is 20.5. The number of rotatable bonds is 3. The topological polar surface area (TPSA) is 63.3 Å². The van der Waals surface area contributed by atoms with E-state index in [1.807, 2.05) is 36.5 Å². The molecular formula is C30H21FIrNO3S-. The summed E-state index contributed by atoms with van der Waals surface area (Å²) in [7, 11) is 0. The van der Waals surface area contributed by atoms with Crippen molar-refractivity contribution in [3.05, 3.63) is 103 Å². The number of hydrogen-bond donors (Lipinski definition) is 1. The molecular weight excluding hydrogens is 666 g/mol. The second-order valence-corrected chi connectivity index (χ2v) is 9.40. The minimum absolute atomic E-state index is 0. The van der Waals surface area contributed by atoms with Gasteiger partial charge >= 0.3 is 0 Å². The molecule has 0 amide bonds. The number of aromatic nitrogens is 1. The van der Waals surface area contributed by atoms with E-state index in [1.165, 1.54) is 32.1 Å². The van der Waals surface area contributed by atoms with E-state index in [2.05, 4.69) is 29.2 Å². The molecule has 0 bridgehead atoms. The van der Waals surface area contributed by atoms with E-state index in [-0.39, 0.29) is 37.5 Å². The molecule has 0 saturated heterocycles. The van der Waals surface area contributed by atoms with Crippen molar-refractivity contribution in [3.8, 4) is 21.7 Å². The molecule has 1 N–H and O–H groups in total. The molecule has 0 aliphatic carbocycles. The number of aliphatic hydroxyl groups is 1. The number of carbonyl (C=O) groups excluding carboxylic acids is 1. The fourth-order valence-electron chi connectivity index (χ4n) is 4.00. The normalized spacial score (nSPS) is 11.3. The molecule has 187 valence electrons. The molecule has 6 rings (SSSR count). The molecule has 0 unspecified atom stereocenters. The van der Waals surface area contributed by atoms with E-state index in [1.54, 1.807) is 23.5 Å². The first-order valence-corrected chi connectivity index (χ1v) is 12.1. The first-order valence-electron chi connectivity index (χ1n) is 11.2. The molecule has 1 radical (unpaired) electrons. The molecule has 0 fully saturated rings. The van der Waals surface area contributed by atoms with Crippen LogP contribution in [0.1, 0.15) is 13.8 Å². The monoisotopic (exact) mass is 687 g/mol. The summed E-state index contributed by atoms with van der Waals surface area (Å²) >= 11 is 1.67. The Morgan fingerprint density at radius 2 is 1.81 bits per heavy atom. The van der Waals surface area contributed by atoms with Crippen LogP contribution in [0.4, 0.5) is 4.39 Å². The average molecular weight is 687 g/mol. The second-order valence-electron chi connectivity index (χ2n) is 8.31. The molecule has 3 heterocycles. The SMILES string of the molecule is CC(=O)/C=C(/C)O.Fc1ccc(-c2cc3cnc(-c4[c-]ccc5c4oc4ccccc45)cc3s2)cc1.[Ir]. The number of fused-ring (bicyclic) bond motifs is 4. The summed E-state index contributed by atoms with van der Waals surface area (Å²) in [5, 5.41) is 11.6. The van der Waals surface area contributed by atoms with E-state index in [0.29, 0.717) is 0 Å². The van der Waals surface area contributed by atoms with Crippen LogP contribution < -0.4 is 0 Å². The smallest absolute Gasteiger partial charge is 0.155 e. The van der Waals surface area contributed by atoms with Crippen LogP contribution in [-0.2, 0) is 24.9 Å². The Balaban J connectivity index is 0.000000356. The quantitative estimate of drug-likeness (QED) is 0.115. The van der Waals surface area contributed by atoms with Crippen LogP contribution in [0, 0.1) is 11.9 Å². The van der Waals surface area contributed by atoms with Gasteiger partial charge in [-0.3, -0.25) is 4.79 Å². The van der Waals surface area contributed by atoms with E-state index in [9.17, 15) is 9.18 Å². The maximum Gasteiger partial charge on any atom is 0.155 e. The summed E-state index contributed by atoms with van der Waals surface area (Å²) in [4.78, 5) is 15.8. The fraction of sp³-hybridized carbons (Fsp3) is 0.0667. The zero-order valence-corrected chi connectivity index (χ0v) is 23.1. The molecule has 0 aliphatic heterocycles. The third-order valence-electron chi connectivity index (χ3n) is 5.54. The Hall–Kier alpha value is -3.64. The van der Waals surface area contributed by atoms with Crippen molar-refractivity contribution in [1.82, 2.24) is 4.98 Å². The Bertz CT molecular complexity index is 1750. The molecule has 0 aliphatic rings. The van der Waals surface area contributed by atoms with E-state index in [4.69, 9.17) is 9.52 Å². The number of carbonyl (C=O) groups is 1. The summed E-state index contributed by atoms with van der Waals surface area (Å²) in [6.45, 7) is 2.85. The Labute approximate surface area is 230 Å². The Kier molecular flexibility index (Phi) is 7.98. The first kappa shape index (κ1) is 26.4. The Morgan fingerprint density at radius 1 is 1.05 bits per heavy atom. The van der Waals surface area contributed by atoms with Gasteiger partial charge in [-0.1, -0.05) is 47.3 Å². The summed E-state index contributed by atoms with van der Waals surface area (Å²) in [5.74, 6) is -0.291. The standard InChI is InChI=1S/C25H13FNOS.C5H8O2.Ir/c26-17-10-8-15(9-11-17)23-12-16-14-27-21(13-24(16)29-23)20-6-3-5-19-18-4-1-2-7-22(18)28-25(19)20;1-4(6)3-5(2)7;/h1-5,7-14H;3,6H,1-2H3;/q-1;;/b;4-3-;. The van der Waals surface area contributed by atoms with Crippen LogP contribution in [0.2, 0.25) is 0 Å². The number of ketones is 1. The van der Waals surface area contributed by atoms with Crippen molar-refractivity contribution in [2.75, 3.05) is 0 Å². The average Bonchev–Trinajstić information content (AvgIpc) is 3.45. The minimum Gasteiger partial charge on any atom is -0.512 e. The molecule has 0 spiro atoms. The van der Waals surface area contributed by atoms with Gasteiger partial charge in [0.1, 0.15) is 11.4 Å². The van der Waals surface area contributed by atoms with Gasteiger partial charge < -0.3 is 14.5 Å². The predicted molar refractivity (Wildman–Crippen MR) is 144 cm³/mol. The summed E-state index contributed by atoms with van der Waals surface area (Å²) in [6.07, 6.45) is 3.05. The van der Waals surface area contributed by atoms with Gasteiger partial charge in [-0.2, -0.15) is 0 Å². The van der Waals surface area contributed by atoms with Crippen LogP contribution in [0.5, 0.6) is 0 Å². The number of pyridine rings is 1. The second kappa shape index (κ2) is 11.2. The zero-order chi connectivity index (χ0) is 25.2. The zero-order valence-electron chi connectivity index (χ0n) is 19.9. The van der Waals surface area contributed by atoms with Gasteiger partial charge in [0.2, 0.25) is 0 Å².